The topological polar surface area (TPSA) is 30.0 Å². The van der Waals surface area contributed by atoms with Crippen LogP contribution in [-0.4, -0.2) is 11.3 Å². The van der Waals surface area contributed by atoms with Gasteiger partial charge >= 0.3 is 6.18 Å². The molecule has 0 spiro atoms. The highest BCUT2D eigenvalue weighted by atomic mass is 35.5. The predicted octanol–water partition coefficient (Wildman–Crippen LogP) is 4.72. The molecule has 0 aliphatic heterocycles. The van der Waals surface area contributed by atoms with Gasteiger partial charge in [0.05, 0.1) is 10.6 Å². The lowest BCUT2D eigenvalue weighted by Crippen LogP contribution is -2.04. The average Bonchev–Trinajstić information content (AvgIpc) is 2.40. The first kappa shape index (κ1) is 14.9. The minimum Gasteiger partial charge on any atom is -0.298 e. The SMILES string of the molecule is O=Cc1ccc(Sc2ccc(C(F)(F)F)cn2)c(Cl)c1. The summed E-state index contributed by atoms with van der Waals surface area (Å²) < 4.78 is 37.2. The molecule has 1 aromatic carbocycles. The summed E-state index contributed by atoms with van der Waals surface area (Å²) in [6.07, 6.45) is -2.97. The van der Waals surface area contributed by atoms with Crippen molar-refractivity contribution < 1.29 is 18.0 Å². The highest BCUT2D eigenvalue weighted by molar-refractivity contribution is 7.99. The molecule has 1 heterocycles. The van der Waals surface area contributed by atoms with Crippen LogP contribution in [0.2, 0.25) is 5.02 Å². The van der Waals surface area contributed by atoms with Gasteiger partial charge in [-0.1, -0.05) is 29.4 Å². The van der Waals surface area contributed by atoms with Crippen LogP contribution in [0.4, 0.5) is 13.2 Å². The lowest BCUT2D eigenvalue weighted by molar-refractivity contribution is -0.137. The first-order valence-electron chi connectivity index (χ1n) is 5.36. The molecule has 0 amide bonds. The van der Waals surface area contributed by atoms with Gasteiger partial charge in [-0.25, -0.2) is 4.98 Å². The lowest BCUT2D eigenvalue weighted by atomic mass is 10.2. The van der Waals surface area contributed by atoms with Crippen molar-refractivity contribution in [3.63, 3.8) is 0 Å². The molecule has 0 N–H and O–H groups in total. The summed E-state index contributed by atoms with van der Waals surface area (Å²) in [5, 5.41) is 0.736. The Balaban J connectivity index is 2.20. The second-order valence-corrected chi connectivity index (χ2v) is 5.26. The Morgan fingerprint density at radius 3 is 2.45 bits per heavy atom. The Kier molecular flexibility index (Phi) is 4.35. The van der Waals surface area contributed by atoms with E-state index in [4.69, 9.17) is 11.6 Å². The number of aldehydes is 1. The normalized spacial score (nSPS) is 11.4. The molecular weight excluding hydrogens is 311 g/mol. The van der Waals surface area contributed by atoms with Gasteiger partial charge in [-0.3, -0.25) is 4.79 Å². The second-order valence-electron chi connectivity index (χ2n) is 3.79. The molecule has 0 saturated carbocycles. The molecule has 0 aliphatic rings. The molecular formula is C13H7ClF3NOS. The number of carbonyl (C=O) groups excluding carboxylic acids is 1. The third kappa shape index (κ3) is 3.52. The molecule has 7 heteroatoms. The van der Waals surface area contributed by atoms with Crippen molar-refractivity contribution in [2.24, 2.45) is 0 Å². The molecule has 0 fully saturated rings. The van der Waals surface area contributed by atoms with Crippen molar-refractivity contribution in [3.8, 4) is 0 Å². The van der Waals surface area contributed by atoms with E-state index in [-0.39, 0.29) is 0 Å². The van der Waals surface area contributed by atoms with Gasteiger partial charge in [-0.2, -0.15) is 13.2 Å². The van der Waals surface area contributed by atoms with Crippen LogP contribution in [0.25, 0.3) is 0 Å². The smallest absolute Gasteiger partial charge is 0.298 e. The zero-order valence-electron chi connectivity index (χ0n) is 9.82. The van der Waals surface area contributed by atoms with E-state index in [1.807, 2.05) is 0 Å². The largest absolute Gasteiger partial charge is 0.417 e. The summed E-state index contributed by atoms with van der Waals surface area (Å²) in [6, 6.07) is 6.92. The van der Waals surface area contributed by atoms with Crippen molar-refractivity contribution in [1.82, 2.24) is 4.98 Å². The van der Waals surface area contributed by atoms with Crippen molar-refractivity contribution in [1.29, 1.82) is 0 Å². The monoisotopic (exact) mass is 317 g/mol. The summed E-state index contributed by atoms with van der Waals surface area (Å²) >= 11 is 7.10. The predicted molar refractivity (Wildman–Crippen MR) is 70.2 cm³/mol. The number of pyridine rings is 1. The van der Waals surface area contributed by atoms with Crippen molar-refractivity contribution in [2.45, 2.75) is 16.1 Å². The van der Waals surface area contributed by atoms with Crippen LogP contribution in [0, 0.1) is 0 Å². The van der Waals surface area contributed by atoms with Crippen LogP contribution in [0.5, 0.6) is 0 Å². The number of rotatable bonds is 3. The average molecular weight is 318 g/mol. The van der Waals surface area contributed by atoms with Gasteiger partial charge in [0.25, 0.3) is 0 Å². The molecule has 0 atom stereocenters. The molecule has 104 valence electrons. The highest BCUT2D eigenvalue weighted by Gasteiger charge is 2.30. The number of nitrogens with zero attached hydrogens (tertiary/aromatic N) is 1. The summed E-state index contributed by atoms with van der Waals surface area (Å²) in [5.41, 5.74) is -0.371. The number of aromatic nitrogens is 1. The number of hydrogen-bond donors (Lipinski definition) is 0. The number of benzene rings is 1. The Labute approximate surface area is 122 Å². The van der Waals surface area contributed by atoms with Crippen LogP contribution >= 0.6 is 23.4 Å². The Hall–Kier alpha value is -1.53. The minimum absolute atomic E-state index is 0.348. The van der Waals surface area contributed by atoms with E-state index in [9.17, 15) is 18.0 Å². The third-order valence-corrected chi connectivity index (χ3v) is 3.82. The minimum atomic E-state index is -4.40. The zero-order valence-corrected chi connectivity index (χ0v) is 11.4. The standard InChI is InChI=1S/C13H7ClF3NOS/c14-10-5-8(7-19)1-3-11(10)20-12-4-2-9(6-18-12)13(15,16)17/h1-7H. The first-order chi connectivity index (χ1) is 9.40. The number of halogens is 4. The number of carbonyl (C=O) groups is 1. The summed E-state index contributed by atoms with van der Waals surface area (Å²) in [6.45, 7) is 0. The fourth-order valence-corrected chi connectivity index (χ4v) is 2.46. The summed E-state index contributed by atoms with van der Waals surface area (Å²) in [5.74, 6) is 0. The molecule has 0 radical (unpaired) electrons. The number of hydrogen-bond acceptors (Lipinski definition) is 3. The molecule has 0 bridgehead atoms. The molecule has 2 aromatic rings. The highest BCUT2D eigenvalue weighted by Crippen LogP contribution is 2.34. The summed E-state index contributed by atoms with van der Waals surface area (Å²) in [7, 11) is 0. The Morgan fingerprint density at radius 1 is 1.20 bits per heavy atom. The fraction of sp³-hybridized carbons (Fsp3) is 0.0769. The molecule has 0 saturated heterocycles. The molecule has 0 aliphatic carbocycles. The maximum atomic E-state index is 12.4. The number of alkyl halides is 3. The van der Waals surface area contributed by atoms with E-state index < -0.39 is 11.7 Å². The van der Waals surface area contributed by atoms with Gasteiger partial charge in [-0.15, -0.1) is 0 Å². The van der Waals surface area contributed by atoms with Crippen molar-refractivity contribution in [2.75, 3.05) is 0 Å². The van der Waals surface area contributed by atoms with E-state index in [2.05, 4.69) is 4.98 Å². The van der Waals surface area contributed by atoms with E-state index in [1.54, 1.807) is 12.1 Å². The van der Waals surface area contributed by atoms with Crippen molar-refractivity contribution in [3.05, 3.63) is 52.7 Å². The van der Waals surface area contributed by atoms with E-state index in [0.29, 0.717) is 26.8 Å². The van der Waals surface area contributed by atoms with Gasteiger partial charge in [0.1, 0.15) is 11.3 Å². The Bertz CT molecular complexity index is 629. The maximum Gasteiger partial charge on any atom is 0.417 e. The third-order valence-electron chi connectivity index (χ3n) is 2.37. The molecule has 0 unspecified atom stereocenters. The van der Waals surface area contributed by atoms with E-state index in [1.165, 1.54) is 12.1 Å². The fourth-order valence-electron chi connectivity index (χ4n) is 1.39. The first-order valence-corrected chi connectivity index (χ1v) is 6.55. The van der Waals surface area contributed by atoms with Gasteiger partial charge in [0, 0.05) is 16.7 Å². The second kappa shape index (κ2) is 5.85. The van der Waals surface area contributed by atoms with Crippen LogP contribution in [0.1, 0.15) is 15.9 Å². The van der Waals surface area contributed by atoms with Crippen LogP contribution in [0.3, 0.4) is 0 Å². The van der Waals surface area contributed by atoms with Gasteiger partial charge in [0.15, 0.2) is 0 Å². The maximum absolute atomic E-state index is 12.4. The zero-order chi connectivity index (χ0) is 14.8. The van der Waals surface area contributed by atoms with Gasteiger partial charge < -0.3 is 0 Å². The lowest BCUT2D eigenvalue weighted by Gasteiger charge is -2.07. The van der Waals surface area contributed by atoms with Crippen LogP contribution < -0.4 is 0 Å². The summed E-state index contributed by atoms with van der Waals surface area (Å²) in [4.78, 5) is 14.9. The van der Waals surface area contributed by atoms with E-state index >= 15 is 0 Å². The van der Waals surface area contributed by atoms with Crippen molar-refractivity contribution >= 4 is 29.6 Å². The van der Waals surface area contributed by atoms with Crippen LogP contribution in [-0.2, 0) is 6.18 Å². The van der Waals surface area contributed by atoms with Gasteiger partial charge in [-0.05, 0) is 24.3 Å². The Morgan fingerprint density at radius 2 is 1.95 bits per heavy atom. The molecule has 2 rings (SSSR count). The molecule has 2 nitrogen and oxygen atoms in total. The van der Waals surface area contributed by atoms with Gasteiger partial charge in [0.2, 0.25) is 0 Å². The quantitative estimate of drug-likeness (QED) is 0.767. The van der Waals surface area contributed by atoms with E-state index in [0.717, 1.165) is 24.0 Å². The molecule has 1 aromatic heterocycles. The van der Waals surface area contributed by atoms with Crippen LogP contribution in [0.15, 0.2) is 46.5 Å². The molecule has 20 heavy (non-hydrogen) atoms.